The number of rotatable bonds is 6. The van der Waals surface area contributed by atoms with E-state index in [-0.39, 0.29) is 18.1 Å². The van der Waals surface area contributed by atoms with Crippen LogP contribution in [0.3, 0.4) is 0 Å². The number of imidazole rings is 1. The number of hydrogen-bond donors (Lipinski definition) is 3. The van der Waals surface area contributed by atoms with E-state index in [1.807, 2.05) is 60.7 Å². The molecule has 0 bridgehead atoms. The lowest BCUT2D eigenvalue weighted by Gasteiger charge is -2.29. The zero-order chi connectivity index (χ0) is 21.8. The minimum absolute atomic E-state index is 0.0107. The van der Waals surface area contributed by atoms with E-state index in [1.54, 1.807) is 4.57 Å². The Kier molecular flexibility index (Phi) is 5.50. The van der Waals surface area contributed by atoms with Gasteiger partial charge >= 0.3 is 5.97 Å². The van der Waals surface area contributed by atoms with Crippen LogP contribution in [0.4, 0.5) is 5.82 Å². The Morgan fingerprint density at radius 3 is 2.35 bits per heavy atom. The van der Waals surface area contributed by atoms with Gasteiger partial charge in [-0.05, 0) is 11.1 Å². The minimum Gasteiger partial charge on any atom is -0.466 e. The molecule has 1 aromatic heterocycles. The van der Waals surface area contributed by atoms with E-state index >= 15 is 0 Å². The Labute approximate surface area is 178 Å². The van der Waals surface area contributed by atoms with Crippen LogP contribution in [0.2, 0.25) is 0 Å². The van der Waals surface area contributed by atoms with Gasteiger partial charge in [0.05, 0.1) is 20.0 Å². The lowest BCUT2D eigenvalue weighted by molar-refractivity contribution is -0.154. The molecule has 9 nitrogen and oxygen atoms in total. The molecule has 1 unspecified atom stereocenters. The highest BCUT2D eigenvalue weighted by molar-refractivity contribution is 6.19. The van der Waals surface area contributed by atoms with Crippen molar-refractivity contribution in [1.82, 2.24) is 20.2 Å². The molecule has 4 rings (SSSR count). The van der Waals surface area contributed by atoms with E-state index < -0.39 is 23.4 Å². The van der Waals surface area contributed by atoms with E-state index in [2.05, 4.69) is 20.9 Å². The van der Waals surface area contributed by atoms with Gasteiger partial charge in [0.2, 0.25) is 0 Å². The summed E-state index contributed by atoms with van der Waals surface area (Å²) in [5.41, 5.74) is -0.319. The summed E-state index contributed by atoms with van der Waals surface area (Å²) in [6.45, 7) is 0.532. The monoisotopic (exact) mass is 419 g/mol. The number of anilines is 1. The predicted octanol–water partition coefficient (Wildman–Crippen LogP) is 1.27. The summed E-state index contributed by atoms with van der Waals surface area (Å²) >= 11 is 0. The van der Waals surface area contributed by atoms with E-state index in [0.29, 0.717) is 6.54 Å². The Bertz CT molecular complexity index is 1110. The largest absolute Gasteiger partial charge is 0.466 e. The molecular weight excluding hydrogens is 398 g/mol. The molecule has 0 fully saturated rings. The van der Waals surface area contributed by atoms with Crippen LogP contribution >= 0.6 is 0 Å². The van der Waals surface area contributed by atoms with Gasteiger partial charge in [-0.1, -0.05) is 60.7 Å². The summed E-state index contributed by atoms with van der Waals surface area (Å²) in [5.74, 6) is -2.17. The molecule has 0 saturated heterocycles. The van der Waals surface area contributed by atoms with Crippen LogP contribution in [-0.2, 0) is 27.4 Å². The zero-order valence-electron chi connectivity index (χ0n) is 16.8. The van der Waals surface area contributed by atoms with Gasteiger partial charge in [-0.3, -0.25) is 14.9 Å². The van der Waals surface area contributed by atoms with Gasteiger partial charge in [-0.15, -0.1) is 0 Å². The first-order valence-corrected chi connectivity index (χ1v) is 9.64. The van der Waals surface area contributed by atoms with Crippen molar-refractivity contribution in [2.75, 3.05) is 12.4 Å². The van der Waals surface area contributed by atoms with E-state index in [0.717, 1.165) is 18.2 Å². The molecule has 1 atom stereocenters. The number of ether oxygens (including phenoxy) is 1. The molecule has 0 radical (unpaired) electrons. The first kappa shape index (κ1) is 20.3. The number of aromatic nitrogens is 2. The molecule has 158 valence electrons. The van der Waals surface area contributed by atoms with Gasteiger partial charge in [-0.25, -0.2) is 9.78 Å². The normalized spacial score (nSPS) is 17.8. The maximum absolute atomic E-state index is 13.2. The Balaban J connectivity index is 1.66. The third-order valence-corrected chi connectivity index (χ3v) is 5.01. The lowest BCUT2D eigenvalue weighted by atomic mass is 10.1. The summed E-state index contributed by atoms with van der Waals surface area (Å²) < 4.78 is 6.50. The van der Waals surface area contributed by atoms with E-state index in [1.165, 1.54) is 6.33 Å². The summed E-state index contributed by atoms with van der Waals surface area (Å²) in [4.78, 5) is 43.0. The average molecular weight is 419 g/mol. The number of carbonyl (C=O) groups is 3. The van der Waals surface area contributed by atoms with Crippen molar-refractivity contribution >= 4 is 23.6 Å². The van der Waals surface area contributed by atoms with Crippen molar-refractivity contribution in [3.63, 3.8) is 0 Å². The van der Waals surface area contributed by atoms with Crippen LogP contribution in [0.15, 0.2) is 67.0 Å². The number of amides is 2. The van der Waals surface area contributed by atoms with Gasteiger partial charge in [-0.2, -0.15) is 0 Å². The van der Waals surface area contributed by atoms with Gasteiger partial charge in [0.25, 0.3) is 17.5 Å². The fraction of sp³-hybridized carbons (Fsp3) is 0.182. The number of nitrogens with zero attached hydrogens (tertiary/aromatic N) is 2. The van der Waals surface area contributed by atoms with Gasteiger partial charge in [0, 0.05) is 6.54 Å². The number of benzene rings is 2. The quantitative estimate of drug-likeness (QED) is 0.410. The fourth-order valence-corrected chi connectivity index (χ4v) is 3.39. The highest BCUT2D eigenvalue weighted by atomic mass is 16.5. The highest BCUT2D eigenvalue weighted by Gasteiger charge is 2.51. The number of carbonyl (C=O) groups excluding carboxylic acids is 3. The van der Waals surface area contributed by atoms with Crippen LogP contribution < -0.4 is 16.0 Å². The molecule has 0 spiro atoms. The Hall–Kier alpha value is -3.98. The molecule has 2 amide bonds. The Morgan fingerprint density at radius 1 is 1.06 bits per heavy atom. The van der Waals surface area contributed by atoms with Crippen molar-refractivity contribution in [1.29, 1.82) is 0 Å². The number of fused-ring (bicyclic) bond motifs is 1. The maximum Gasteiger partial charge on any atom is 0.357 e. The van der Waals surface area contributed by atoms with Crippen LogP contribution in [0.5, 0.6) is 0 Å². The maximum atomic E-state index is 13.2. The third kappa shape index (κ3) is 3.90. The standard InChI is InChI=1S/C22H21N5O4/c1-31-21(30)22(24-12-15-8-4-2-5-9-15)20(29)25-18-17(19(28)26-22)23-14-27(18)13-16-10-6-3-7-11-16/h2-11,14,24H,12-13H2,1H3,(H,25,29)(H,26,28). The van der Waals surface area contributed by atoms with Crippen LogP contribution in [0.1, 0.15) is 21.6 Å². The second-order valence-electron chi connectivity index (χ2n) is 7.04. The minimum atomic E-state index is -2.11. The van der Waals surface area contributed by atoms with Crippen molar-refractivity contribution in [3.05, 3.63) is 83.8 Å². The third-order valence-electron chi connectivity index (χ3n) is 5.01. The molecule has 9 heteroatoms. The smallest absolute Gasteiger partial charge is 0.357 e. The lowest BCUT2D eigenvalue weighted by Crippen LogP contribution is -2.69. The van der Waals surface area contributed by atoms with E-state index in [9.17, 15) is 14.4 Å². The molecule has 1 aliphatic heterocycles. The first-order valence-electron chi connectivity index (χ1n) is 9.64. The van der Waals surface area contributed by atoms with Crippen molar-refractivity contribution in [2.24, 2.45) is 0 Å². The molecule has 2 heterocycles. The molecular formula is C22H21N5O4. The number of methoxy groups -OCH3 is 1. The van der Waals surface area contributed by atoms with Crippen molar-refractivity contribution in [2.45, 2.75) is 18.8 Å². The first-order chi connectivity index (χ1) is 15.0. The molecule has 3 aromatic rings. The zero-order valence-corrected chi connectivity index (χ0v) is 16.8. The summed E-state index contributed by atoms with van der Waals surface area (Å²) in [6.07, 6.45) is 1.47. The molecule has 2 aromatic carbocycles. The molecule has 0 aliphatic carbocycles. The van der Waals surface area contributed by atoms with Crippen LogP contribution in [-0.4, -0.2) is 40.1 Å². The molecule has 1 aliphatic rings. The van der Waals surface area contributed by atoms with Crippen molar-refractivity contribution < 1.29 is 19.1 Å². The van der Waals surface area contributed by atoms with Crippen LogP contribution in [0.25, 0.3) is 0 Å². The van der Waals surface area contributed by atoms with Gasteiger partial charge in [0.15, 0.2) is 5.69 Å². The Morgan fingerprint density at radius 2 is 1.71 bits per heavy atom. The predicted molar refractivity (Wildman–Crippen MR) is 112 cm³/mol. The van der Waals surface area contributed by atoms with Crippen LogP contribution in [0, 0.1) is 0 Å². The molecule has 0 saturated carbocycles. The second kappa shape index (κ2) is 8.41. The number of nitrogens with one attached hydrogen (secondary N) is 3. The SMILES string of the molecule is COC(=O)C1(NCc2ccccc2)NC(=O)c2ncn(Cc3ccccc3)c2NC1=O. The number of hydrogen-bond acceptors (Lipinski definition) is 6. The number of esters is 1. The van der Waals surface area contributed by atoms with Gasteiger partial charge in [0.1, 0.15) is 5.82 Å². The average Bonchev–Trinajstić information content (AvgIpc) is 3.14. The van der Waals surface area contributed by atoms with Crippen molar-refractivity contribution in [3.8, 4) is 0 Å². The molecule has 31 heavy (non-hydrogen) atoms. The topological polar surface area (TPSA) is 114 Å². The van der Waals surface area contributed by atoms with Gasteiger partial charge < -0.3 is 19.9 Å². The second-order valence-corrected chi connectivity index (χ2v) is 7.04. The summed E-state index contributed by atoms with van der Waals surface area (Å²) in [5, 5.41) is 8.02. The summed E-state index contributed by atoms with van der Waals surface area (Å²) in [7, 11) is 1.15. The summed E-state index contributed by atoms with van der Waals surface area (Å²) in [6, 6.07) is 18.7. The van der Waals surface area contributed by atoms with E-state index in [4.69, 9.17) is 4.74 Å². The highest BCUT2D eigenvalue weighted by Crippen LogP contribution is 2.23. The fourth-order valence-electron chi connectivity index (χ4n) is 3.39. The molecule has 3 N–H and O–H groups in total.